The van der Waals surface area contributed by atoms with Gasteiger partial charge in [0.05, 0.1) is 4.75 Å². The zero-order valence-corrected chi connectivity index (χ0v) is 13.2. The van der Waals surface area contributed by atoms with Gasteiger partial charge in [-0.05, 0) is 20.8 Å². The van der Waals surface area contributed by atoms with Crippen LogP contribution in [0.15, 0.2) is 11.2 Å². The summed E-state index contributed by atoms with van der Waals surface area (Å²) in [6.07, 6.45) is 1.52. The van der Waals surface area contributed by atoms with Gasteiger partial charge in [0.25, 0.3) is 10.0 Å². The van der Waals surface area contributed by atoms with Crippen LogP contribution >= 0.6 is 0 Å². The molecule has 1 aliphatic heterocycles. The first kappa shape index (κ1) is 14.7. The van der Waals surface area contributed by atoms with Crippen molar-refractivity contribution in [3.63, 3.8) is 0 Å². The van der Waals surface area contributed by atoms with E-state index < -0.39 is 25.6 Å². The topological polar surface area (TPSA) is 72.3 Å². The number of nitrogens with zero attached hydrogens (tertiary/aromatic N) is 3. The van der Waals surface area contributed by atoms with Crippen LogP contribution in [0.1, 0.15) is 19.7 Å². The van der Waals surface area contributed by atoms with Gasteiger partial charge >= 0.3 is 0 Å². The minimum Gasteiger partial charge on any atom is -0.337 e. The summed E-state index contributed by atoms with van der Waals surface area (Å²) in [7, 11) is -2.82. The molecule has 0 radical (unpaired) electrons. The Labute approximate surface area is 116 Å². The third-order valence-corrected chi connectivity index (χ3v) is 7.02. The Morgan fingerprint density at radius 1 is 1.42 bits per heavy atom. The van der Waals surface area contributed by atoms with Crippen molar-refractivity contribution in [1.29, 1.82) is 0 Å². The van der Waals surface area contributed by atoms with Gasteiger partial charge in [-0.1, -0.05) is 0 Å². The Morgan fingerprint density at radius 2 is 2.05 bits per heavy atom. The lowest BCUT2D eigenvalue weighted by Crippen LogP contribution is -2.52. The number of aryl methyl sites for hydroxylation is 2. The summed E-state index contributed by atoms with van der Waals surface area (Å²) < 4.78 is 39.4. The molecule has 19 heavy (non-hydrogen) atoms. The second-order valence-corrected chi connectivity index (χ2v) is 9.47. The molecule has 0 aliphatic carbocycles. The van der Waals surface area contributed by atoms with Crippen molar-refractivity contribution in [1.82, 2.24) is 13.9 Å². The average Bonchev–Trinajstić information content (AvgIpc) is 2.63. The molecule has 1 aliphatic rings. The van der Waals surface area contributed by atoms with Crippen LogP contribution in [0.4, 0.5) is 0 Å². The van der Waals surface area contributed by atoms with Crippen molar-refractivity contribution in [2.45, 2.75) is 30.5 Å². The lowest BCUT2D eigenvalue weighted by molar-refractivity contribution is 0.377. The predicted molar refractivity (Wildman–Crippen MR) is 73.8 cm³/mol. The van der Waals surface area contributed by atoms with Crippen molar-refractivity contribution in [2.75, 3.05) is 18.8 Å². The quantitative estimate of drug-likeness (QED) is 0.786. The third-order valence-electron chi connectivity index (χ3n) is 3.39. The number of sulfonamides is 1. The van der Waals surface area contributed by atoms with Gasteiger partial charge in [0.1, 0.15) is 5.82 Å². The van der Waals surface area contributed by atoms with E-state index in [1.54, 1.807) is 18.5 Å². The SMILES string of the molecule is Cc1nc(S(=O)(=O)N2CC[S@](=O)C(C)(C)C2)cn1C. The van der Waals surface area contributed by atoms with Gasteiger partial charge in [-0.2, -0.15) is 4.31 Å². The molecule has 0 saturated carbocycles. The van der Waals surface area contributed by atoms with Crippen LogP contribution in [0.2, 0.25) is 0 Å². The minimum atomic E-state index is -3.59. The zero-order valence-electron chi connectivity index (χ0n) is 11.6. The zero-order chi connectivity index (χ0) is 14.4. The third kappa shape index (κ3) is 2.61. The summed E-state index contributed by atoms with van der Waals surface area (Å²) in [5, 5.41) is 0.0657. The number of aromatic nitrogens is 2. The molecular formula is C11H19N3O3S2. The fourth-order valence-electron chi connectivity index (χ4n) is 2.02. The predicted octanol–water partition coefficient (Wildman–Crippen LogP) is 0.260. The molecule has 8 heteroatoms. The van der Waals surface area contributed by atoms with Crippen molar-refractivity contribution in [3.05, 3.63) is 12.0 Å². The van der Waals surface area contributed by atoms with Crippen LogP contribution in [0.3, 0.4) is 0 Å². The average molecular weight is 305 g/mol. The largest absolute Gasteiger partial charge is 0.337 e. The van der Waals surface area contributed by atoms with Crippen molar-refractivity contribution >= 4 is 20.8 Å². The van der Waals surface area contributed by atoms with Gasteiger partial charge in [0.2, 0.25) is 0 Å². The lowest BCUT2D eigenvalue weighted by atomic mass is 10.2. The van der Waals surface area contributed by atoms with E-state index in [4.69, 9.17) is 0 Å². The van der Waals surface area contributed by atoms with E-state index in [0.29, 0.717) is 11.6 Å². The highest BCUT2D eigenvalue weighted by molar-refractivity contribution is 7.89. The molecule has 2 heterocycles. The molecule has 1 atom stereocenters. The first-order chi connectivity index (χ1) is 8.64. The van der Waals surface area contributed by atoms with Crippen LogP contribution < -0.4 is 0 Å². The Balaban J connectivity index is 2.33. The molecule has 6 nitrogen and oxygen atoms in total. The summed E-state index contributed by atoms with van der Waals surface area (Å²) in [5.41, 5.74) is 0. The Bertz CT molecular complexity index is 600. The monoisotopic (exact) mass is 305 g/mol. The van der Waals surface area contributed by atoms with E-state index in [9.17, 15) is 12.6 Å². The van der Waals surface area contributed by atoms with Crippen LogP contribution in [-0.2, 0) is 27.9 Å². The number of imidazole rings is 1. The normalized spacial score (nSPS) is 24.5. The molecule has 1 fully saturated rings. The molecule has 0 spiro atoms. The number of hydrogen-bond donors (Lipinski definition) is 0. The second-order valence-electron chi connectivity index (χ2n) is 5.39. The number of hydrogen-bond acceptors (Lipinski definition) is 4. The maximum atomic E-state index is 12.5. The van der Waals surface area contributed by atoms with E-state index in [2.05, 4.69) is 4.98 Å². The van der Waals surface area contributed by atoms with E-state index in [-0.39, 0.29) is 18.1 Å². The summed E-state index contributed by atoms with van der Waals surface area (Å²) in [6.45, 7) is 5.96. The van der Waals surface area contributed by atoms with Crippen LogP contribution in [0, 0.1) is 6.92 Å². The van der Waals surface area contributed by atoms with E-state index in [1.807, 2.05) is 13.8 Å². The maximum Gasteiger partial charge on any atom is 0.262 e. The standard InChI is InChI=1S/C11H19N3O3S2/c1-9-12-10(7-13(9)4)19(16,17)14-5-6-18(15)11(2,3)8-14/h7H,5-6,8H2,1-4H3/t18-/m0/s1. The molecule has 1 aromatic heterocycles. The molecule has 2 rings (SSSR count). The van der Waals surface area contributed by atoms with Gasteiger partial charge < -0.3 is 4.57 Å². The summed E-state index contributed by atoms with van der Waals surface area (Å²) in [5.74, 6) is 1.02. The first-order valence-electron chi connectivity index (χ1n) is 6.03. The van der Waals surface area contributed by atoms with Gasteiger partial charge in [0.15, 0.2) is 5.03 Å². The Kier molecular flexibility index (Phi) is 3.61. The van der Waals surface area contributed by atoms with Crippen LogP contribution in [-0.4, -0.2) is 50.1 Å². The Morgan fingerprint density at radius 3 is 2.53 bits per heavy atom. The smallest absolute Gasteiger partial charge is 0.262 e. The van der Waals surface area contributed by atoms with Gasteiger partial charge in [0, 0.05) is 42.9 Å². The lowest BCUT2D eigenvalue weighted by Gasteiger charge is -2.35. The van der Waals surface area contributed by atoms with E-state index in [1.165, 1.54) is 10.5 Å². The highest BCUT2D eigenvalue weighted by Gasteiger charge is 2.39. The molecule has 0 amide bonds. The molecule has 0 N–H and O–H groups in total. The maximum absolute atomic E-state index is 12.5. The highest BCUT2D eigenvalue weighted by Crippen LogP contribution is 2.25. The fourth-order valence-corrected chi connectivity index (χ4v) is 5.09. The molecule has 0 unspecified atom stereocenters. The molecule has 1 aromatic rings. The summed E-state index contributed by atoms with van der Waals surface area (Å²) in [6, 6.07) is 0. The molecule has 108 valence electrons. The van der Waals surface area contributed by atoms with Crippen LogP contribution in [0.5, 0.6) is 0 Å². The van der Waals surface area contributed by atoms with Gasteiger partial charge in [-0.15, -0.1) is 0 Å². The second kappa shape index (κ2) is 4.68. The number of rotatable bonds is 2. The van der Waals surface area contributed by atoms with E-state index >= 15 is 0 Å². The molecular weight excluding hydrogens is 286 g/mol. The molecule has 1 saturated heterocycles. The van der Waals surface area contributed by atoms with Crippen molar-refractivity contribution < 1.29 is 12.6 Å². The van der Waals surface area contributed by atoms with E-state index in [0.717, 1.165) is 0 Å². The van der Waals surface area contributed by atoms with Gasteiger partial charge in [-0.3, -0.25) is 4.21 Å². The first-order valence-corrected chi connectivity index (χ1v) is 8.79. The summed E-state index contributed by atoms with van der Waals surface area (Å²) in [4.78, 5) is 4.08. The van der Waals surface area contributed by atoms with Gasteiger partial charge in [-0.25, -0.2) is 13.4 Å². The van der Waals surface area contributed by atoms with Crippen molar-refractivity contribution in [2.24, 2.45) is 7.05 Å². The Hall–Kier alpha value is -0.730. The van der Waals surface area contributed by atoms with Crippen LogP contribution in [0.25, 0.3) is 0 Å². The minimum absolute atomic E-state index is 0.0657. The highest BCUT2D eigenvalue weighted by atomic mass is 32.2. The molecule has 0 aromatic carbocycles. The summed E-state index contributed by atoms with van der Waals surface area (Å²) >= 11 is 0. The fraction of sp³-hybridized carbons (Fsp3) is 0.727. The van der Waals surface area contributed by atoms with Crippen molar-refractivity contribution in [3.8, 4) is 0 Å². The molecule has 0 bridgehead atoms.